The van der Waals surface area contributed by atoms with E-state index in [4.69, 9.17) is 5.11 Å². The van der Waals surface area contributed by atoms with Crippen molar-refractivity contribution in [2.24, 2.45) is 17.8 Å². The van der Waals surface area contributed by atoms with Crippen molar-refractivity contribution in [2.75, 3.05) is 26.2 Å². The highest BCUT2D eigenvalue weighted by molar-refractivity contribution is 8.02. The fourth-order valence-electron chi connectivity index (χ4n) is 5.78. The van der Waals surface area contributed by atoms with E-state index in [0.717, 1.165) is 38.5 Å². The Labute approximate surface area is 190 Å². The molecule has 0 aromatic heterocycles. The Kier molecular flexibility index (Phi) is 8.30. The van der Waals surface area contributed by atoms with E-state index < -0.39 is 16.7 Å². The van der Waals surface area contributed by atoms with Gasteiger partial charge in [-0.25, -0.2) is 0 Å². The number of unbranched alkanes of at least 4 members (excludes halogenated alkanes) is 3. The van der Waals surface area contributed by atoms with Gasteiger partial charge in [0.25, 0.3) is 0 Å². The van der Waals surface area contributed by atoms with Crippen molar-refractivity contribution in [3.8, 4) is 0 Å². The summed E-state index contributed by atoms with van der Waals surface area (Å²) < 4.78 is -0.525. The van der Waals surface area contributed by atoms with Gasteiger partial charge in [-0.05, 0) is 44.4 Å². The van der Waals surface area contributed by atoms with Gasteiger partial charge in [-0.2, -0.15) is 0 Å². The molecule has 2 bridgehead atoms. The number of hydrogen-bond donors (Lipinski definition) is 3. The van der Waals surface area contributed by atoms with Crippen molar-refractivity contribution >= 4 is 29.5 Å². The quantitative estimate of drug-likeness (QED) is 0.392. The molecule has 176 valence electrons. The third kappa shape index (κ3) is 4.34. The molecule has 31 heavy (non-hydrogen) atoms. The van der Waals surface area contributed by atoms with Gasteiger partial charge in [0.15, 0.2) is 0 Å². The van der Waals surface area contributed by atoms with Crippen molar-refractivity contribution in [1.82, 2.24) is 15.5 Å². The second kappa shape index (κ2) is 10.6. The lowest BCUT2D eigenvalue weighted by molar-refractivity contribution is -0.140. The zero-order valence-corrected chi connectivity index (χ0v) is 20.0. The molecule has 3 amide bonds. The summed E-state index contributed by atoms with van der Waals surface area (Å²) in [6.45, 7) is 8.12. The first-order valence-corrected chi connectivity index (χ1v) is 13.0. The molecular formula is C23H39N3O4S. The lowest BCUT2D eigenvalue weighted by Crippen LogP contribution is -2.56. The highest BCUT2D eigenvalue weighted by Gasteiger charge is 2.75. The fourth-order valence-corrected chi connectivity index (χ4v) is 8.20. The largest absolute Gasteiger partial charge is 0.396 e. The van der Waals surface area contributed by atoms with Gasteiger partial charge in [0.05, 0.1) is 16.6 Å². The highest BCUT2D eigenvalue weighted by atomic mass is 32.2. The van der Waals surface area contributed by atoms with E-state index in [9.17, 15) is 14.4 Å². The number of hydrogen-bond acceptors (Lipinski definition) is 5. The van der Waals surface area contributed by atoms with Crippen LogP contribution < -0.4 is 10.6 Å². The Morgan fingerprint density at radius 2 is 1.84 bits per heavy atom. The van der Waals surface area contributed by atoms with Gasteiger partial charge in [0.1, 0.15) is 6.04 Å². The molecule has 0 saturated carbocycles. The third-order valence-electron chi connectivity index (χ3n) is 7.23. The van der Waals surface area contributed by atoms with Crippen LogP contribution in [0, 0.1) is 17.8 Å². The average Bonchev–Trinajstić information content (AvgIpc) is 3.33. The van der Waals surface area contributed by atoms with Gasteiger partial charge in [0.2, 0.25) is 17.7 Å². The minimum atomic E-state index is -0.525. The van der Waals surface area contributed by atoms with E-state index in [1.807, 2.05) is 6.92 Å². The van der Waals surface area contributed by atoms with E-state index >= 15 is 0 Å². The summed E-state index contributed by atoms with van der Waals surface area (Å²) in [6.07, 6.45) is 5.89. The molecule has 3 fully saturated rings. The summed E-state index contributed by atoms with van der Waals surface area (Å²) in [4.78, 5) is 42.0. The number of nitrogens with zero attached hydrogens (tertiary/aromatic N) is 1. The zero-order valence-electron chi connectivity index (χ0n) is 19.2. The molecule has 3 heterocycles. The predicted octanol–water partition coefficient (Wildman–Crippen LogP) is 1.93. The van der Waals surface area contributed by atoms with E-state index in [0.29, 0.717) is 26.1 Å². The third-order valence-corrected chi connectivity index (χ3v) is 9.31. The normalized spacial score (nSPS) is 33.6. The van der Waals surface area contributed by atoms with Crippen molar-refractivity contribution in [3.63, 3.8) is 0 Å². The van der Waals surface area contributed by atoms with Crippen LogP contribution in [0.2, 0.25) is 0 Å². The number of fused-ring (bicyclic) bond motifs is 1. The van der Waals surface area contributed by atoms with Crippen LogP contribution in [-0.2, 0) is 14.4 Å². The second-order valence-electron chi connectivity index (χ2n) is 9.30. The summed E-state index contributed by atoms with van der Waals surface area (Å²) in [5.41, 5.74) is 0. The molecule has 3 rings (SSSR count). The topological polar surface area (TPSA) is 98.7 Å². The van der Waals surface area contributed by atoms with Gasteiger partial charge in [-0.1, -0.05) is 27.2 Å². The number of amides is 3. The molecule has 0 aliphatic carbocycles. The molecule has 0 aromatic rings. The molecule has 3 N–H and O–H groups in total. The van der Waals surface area contributed by atoms with E-state index in [2.05, 4.69) is 24.5 Å². The van der Waals surface area contributed by atoms with Crippen molar-refractivity contribution in [3.05, 3.63) is 0 Å². The van der Waals surface area contributed by atoms with Gasteiger partial charge >= 0.3 is 0 Å². The molecule has 3 saturated heterocycles. The van der Waals surface area contributed by atoms with Crippen LogP contribution in [0.15, 0.2) is 0 Å². The Morgan fingerprint density at radius 1 is 1.10 bits per heavy atom. The fraction of sp³-hybridized carbons (Fsp3) is 0.870. The Morgan fingerprint density at radius 3 is 2.52 bits per heavy atom. The smallest absolute Gasteiger partial charge is 0.244 e. The summed E-state index contributed by atoms with van der Waals surface area (Å²) in [5.74, 6) is -0.704. The van der Waals surface area contributed by atoms with Gasteiger partial charge in [-0.3, -0.25) is 14.4 Å². The first-order chi connectivity index (χ1) is 14.9. The molecule has 3 aliphatic rings. The van der Waals surface area contributed by atoms with Crippen molar-refractivity contribution < 1.29 is 19.5 Å². The summed E-state index contributed by atoms with van der Waals surface area (Å²) >= 11 is 1.73. The Hall–Kier alpha value is -1.28. The minimum Gasteiger partial charge on any atom is -0.396 e. The van der Waals surface area contributed by atoms with E-state index in [1.165, 1.54) is 0 Å². The standard InChI is InChI=1S/C23H39N3O4S/c1-4-6-11-25-21(29)19-23-15(3)14-16(31-23)17(20(28)24-10-5-2)18(23)22(30)26(19)12-8-7-9-13-27/h15-19,27H,4-14H2,1-3H3,(H,24,28)(H,25,29)/t15?,16-,17+,18-,19?,23?/m0/s1. The number of carbonyl (C=O) groups excluding carboxylic acids is 3. The molecule has 1 spiro atoms. The molecule has 3 unspecified atom stereocenters. The molecule has 7 nitrogen and oxygen atoms in total. The van der Waals surface area contributed by atoms with Crippen LogP contribution >= 0.6 is 11.8 Å². The number of aliphatic hydroxyl groups excluding tert-OH is 1. The van der Waals surface area contributed by atoms with E-state index in [1.54, 1.807) is 16.7 Å². The van der Waals surface area contributed by atoms with Gasteiger partial charge < -0.3 is 20.6 Å². The van der Waals surface area contributed by atoms with Gasteiger partial charge in [0, 0.05) is 31.5 Å². The van der Waals surface area contributed by atoms with Gasteiger partial charge in [-0.15, -0.1) is 11.8 Å². The minimum absolute atomic E-state index is 0.0289. The zero-order chi connectivity index (χ0) is 22.6. The first-order valence-electron chi connectivity index (χ1n) is 12.1. The number of nitrogens with one attached hydrogen (secondary N) is 2. The summed E-state index contributed by atoms with van der Waals surface area (Å²) in [6, 6.07) is -0.523. The molecule has 0 aromatic carbocycles. The van der Waals surface area contributed by atoms with Crippen LogP contribution in [0.3, 0.4) is 0 Å². The van der Waals surface area contributed by atoms with Crippen LogP contribution in [-0.4, -0.2) is 70.0 Å². The maximum Gasteiger partial charge on any atom is 0.244 e. The van der Waals surface area contributed by atoms with E-state index in [-0.39, 0.29) is 41.4 Å². The molecule has 6 atom stereocenters. The van der Waals surface area contributed by atoms with Crippen molar-refractivity contribution in [2.45, 2.75) is 81.8 Å². The maximum atomic E-state index is 13.7. The number of thioether (sulfide) groups is 1. The summed E-state index contributed by atoms with van der Waals surface area (Å²) in [5, 5.41) is 15.3. The number of carbonyl (C=O) groups is 3. The SMILES string of the molecule is CCCCNC(=O)C1N(CCCCCO)C(=O)[C@@H]2[C@H](C(=O)NCCC)[C@@H]3CC(C)C12S3. The number of aliphatic hydroxyl groups is 1. The first kappa shape index (κ1) is 24.4. The van der Waals surface area contributed by atoms with Crippen LogP contribution in [0.1, 0.15) is 65.7 Å². The Bertz CT molecular complexity index is 675. The molecule has 3 aliphatic heterocycles. The van der Waals surface area contributed by atoms with Crippen LogP contribution in [0.4, 0.5) is 0 Å². The predicted molar refractivity (Wildman–Crippen MR) is 123 cm³/mol. The average molecular weight is 454 g/mol. The number of rotatable bonds is 12. The van der Waals surface area contributed by atoms with Crippen molar-refractivity contribution in [1.29, 1.82) is 0 Å². The lowest BCUT2D eigenvalue weighted by atomic mass is 9.66. The monoisotopic (exact) mass is 453 g/mol. The van der Waals surface area contributed by atoms with Crippen LogP contribution in [0.25, 0.3) is 0 Å². The second-order valence-corrected chi connectivity index (χ2v) is 10.9. The molecule has 8 heteroatoms. The summed E-state index contributed by atoms with van der Waals surface area (Å²) in [7, 11) is 0. The Balaban J connectivity index is 1.89. The molecular weight excluding hydrogens is 414 g/mol. The van der Waals surface area contributed by atoms with Crippen LogP contribution in [0.5, 0.6) is 0 Å². The highest BCUT2D eigenvalue weighted by Crippen LogP contribution is 2.68. The molecule has 0 radical (unpaired) electrons. The number of likely N-dealkylation sites (tertiary alicyclic amines) is 1. The maximum absolute atomic E-state index is 13.7. The lowest BCUT2D eigenvalue weighted by Gasteiger charge is -2.38.